The van der Waals surface area contributed by atoms with E-state index in [0.29, 0.717) is 5.92 Å². The van der Waals surface area contributed by atoms with E-state index in [0.717, 1.165) is 13.1 Å². The molecule has 2 aromatic heterocycles. The number of rotatable bonds is 3. The van der Waals surface area contributed by atoms with Crippen molar-refractivity contribution in [2.24, 2.45) is 7.05 Å². The molecule has 4 nitrogen and oxygen atoms in total. The number of fused-ring (bicyclic) bond motifs is 1. The van der Waals surface area contributed by atoms with E-state index in [9.17, 15) is 0 Å². The number of pyridine rings is 1. The first-order valence-corrected chi connectivity index (χ1v) is 8.32. The van der Waals surface area contributed by atoms with Crippen molar-refractivity contribution in [3.63, 3.8) is 0 Å². The Labute approximate surface area is 136 Å². The number of aryl methyl sites for hydroxylation is 1. The second-order valence-electron chi connectivity index (χ2n) is 6.55. The second-order valence-corrected chi connectivity index (χ2v) is 6.55. The molecule has 1 unspecified atom stereocenters. The van der Waals surface area contributed by atoms with Gasteiger partial charge in [-0.1, -0.05) is 24.3 Å². The minimum absolute atomic E-state index is 0.532. The first-order valence-electron chi connectivity index (χ1n) is 8.32. The monoisotopic (exact) mass is 306 g/mol. The van der Waals surface area contributed by atoms with Gasteiger partial charge in [0.05, 0.1) is 6.20 Å². The molecule has 1 atom stereocenters. The van der Waals surface area contributed by atoms with Crippen LogP contribution in [0, 0.1) is 0 Å². The van der Waals surface area contributed by atoms with Gasteiger partial charge in [-0.05, 0) is 30.8 Å². The lowest BCUT2D eigenvalue weighted by molar-refractivity contribution is 0.198. The lowest BCUT2D eigenvalue weighted by Crippen LogP contribution is -2.34. The van der Waals surface area contributed by atoms with E-state index in [1.807, 2.05) is 24.1 Å². The minimum atomic E-state index is 0.532. The third-order valence-corrected chi connectivity index (χ3v) is 4.74. The maximum atomic E-state index is 4.73. The Morgan fingerprint density at radius 3 is 2.87 bits per heavy atom. The first kappa shape index (κ1) is 14.4. The van der Waals surface area contributed by atoms with Crippen LogP contribution in [0.25, 0.3) is 10.8 Å². The number of piperidine rings is 1. The zero-order valence-electron chi connectivity index (χ0n) is 13.5. The molecule has 1 saturated heterocycles. The minimum Gasteiger partial charge on any atom is -0.298 e. The molecule has 23 heavy (non-hydrogen) atoms. The van der Waals surface area contributed by atoms with Crippen molar-refractivity contribution in [2.45, 2.75) is 25.3 Å². The smallest absolute Gasteiger partial charge is 0.0534 e. The standard InChI is InChI=1S/C19H22N4/c1-22-12-15(10-21-22)13-23-8-4-7-18(14-23)19-9-16-5-2-3-6-17(16)11-20-19/h2-3,5-6,9-12,18H,4,7-8,13-14H2,1H3. The number of hydrogen-bond donors (Lipinski definition) is 0. The fourth-order valence-electron chi connectivity index (χ4n) is 3.58. The molecule has 4 rings (SSSR count). The van der Waals surface area contributed by atoms with E-state index in [1.54, 1.807) is 0 Å². The van der Waals surface area contributed by atoms with E-state index in [-0.39, 0.29) is 0 Å². The summed E-state index contributed by atoms with van der Waals surface area (Å²) >= 11 is 0. The Morgan fingerprint density at radius 1 is 1.17 bits per heavy atom. The Balaban J connectivity index is 1.51. The Morgan fingerprint density at radius 2 is 2.04 bits per heavy atom. The fraction of sp³-hybridized carbons (Fsp3) is 0.368. The SMILES string of the molecule is Cn1cc(CN2CCCC(c3cc4ccccc4cn3)C2)cn1. The Kier molecular flexibility index (Phi) is 3.83. The molecule has 3 heterocycles. The third-order valence-electron chi connectivity index (χ3n) is 4.74. The van der Waals surface area contributed by atoms with Crippen LogP contribution < -0.4 is 0 Å². The normalized spacial score (nSPS) is 19.3. The van der Waals surface area contributed by atoms with Gasteiger partial charge in [0.15, 0.2) is 0 Å². The predicted molar refractivity (Wildman–Crippen MR) is 92.2 cm³/mol. The highest BCUT2D eigenvalue weighted by molar-refractivity contribution is 5.81. The molecular weight excluding hydrogens is 284 g/mol. The number of nitrogens with zero attached hydrogens (tertiary/aromatic N) is 4. The molecule has 3 aromatic rings. The highest BCUT2D eigenvalue weighted by Crippen LogP contribution is 2.28. The van der Waals surface area contributed by atoms with Gasteiger partial charge >= 0.3 is 0 Å². The van der Waals surface area contributed by atoms with Crippen LogP contribution in [0.4, 0.5) is 0 Å². The number of benzene rings is 1. The second kappa shape index (κ2) is 6.13. The summed E-state index contributed by atoms with van der Waals surface area (Å²) in [5.74, 6) is 0.532. The molecule has 0 spiro atoms. The summed E-state index contributed by atoms with van der Waals surface area (Å²) in [5, 5.41) is 6.79. The van der Waals surface area contributed by atoms with Crippen molar-refractivity contribution in [2.75, 3.05) is 13.1 Å². The molecule has 118 valence electrons. The van der Waals surface area contributed by atoms with Gasteiger partial charge in [0, 0.05) is 55.1 Å². The lowest BCUT2D eigenvalue weighted by atomic mass is 9.93. The van der Waals surface area contributed by atoms with Gasteiger partial charge in [-0.3, -0.25) is 14.6 Å². The molecule has 1 fully saturated rings. The van der Waals surface area contributed by atoms with Crippen molar-refractivity contribution in [1.29, 1.82) is 0 Å². The average molecular weight is 306 g/mol. The van der Waals surface area contributed by atoms with E-state index in [1.165, 1.54) is 41.4 Å². The van der Waals surface area contributed by atoms with Crippen LogP contribution in [0.3, 0.4) is 0 Å². The van der Waals surface area contributed by atoms with E-state index in [2.05, 4.69) is 46.5 Å². The largest absolute Gasteiger partial charge is 0.298 e. The van der Waals surface area contributed by atoms with Crippen molar-refractivity contribution >= 4 is 10.8 Å². The Bertz CT molecular complexity index is 808. The van der Waals surface area contributed by atoms with Gasteiger partial charge in [-0.25, -0.2) is 0 Å². The van der Waals surface area contributed by atoms with Crippen molar-refractivity contribution in [1.82, 2.24) is 19.7 Å². The summed E-state index contributed by atoms with van der Waals surface area (Å²) in [4.78, 5) is 7.26. The molecule has 1 aromatic carbocycles. The van der Waals surface area contributed by atoms with Gasteiger partial charge in [0.25, 0.3) is 0 Å². The molecule has 0 saturated carbocycles. The Hall–Kier alpha value is -2.20. The van der Waals surface area contributed by atoms with E-state index in [4.69, 9.17) is 4.98 Å². The number of aromatic nitrogens is 3. The van der Waals surface area contributed by atoms with Crippen LogP contribution in [0.1, 0.15) is 30.0 Å². The molecule has 4 heteroatoms. The van der Waals surface area contributed by atoms with Crippen LogP contribution in [0.5, 0.6) is 0 Å². The van der Waals surface area contributed by atoms with Gasteiger partial charge in [0.1, 0.15) is 0 Å². The van der Waals surface area contributed by atoms with E-state index >= 15 is 0 Å². The molecule has 1 aliphatic heterocycles. The maximum absolute atomic E-state index is 4.73. The zero-order chi connectivity index (χ0) is 15.6. The summed E-state index contributed by atoms with van der Waals surface area (Å²) in [7, 11) is 1.97. The van der Waals surface area contributed by atoms with Crippen LogP contribution in [-0.2, 0) is 13.6 Å². The highest BCUT2D eigenvalue weighted by Gasteiger charge is 2.22. The maximum Gasteiger partial charge on any atom is 0.0534 e. The molecule has 1 aliphatic rings. The number of likely N-dealkylation sites (tertiary alicyclic amines) is 1. The summed E-state index contributed by atoms with van der Waals surface area (Å²) in [5.41, 5.74) is 2.53. The van der Waals surface area contributed by atoms with Gasteiger partial charge < -0.3 is 0 Å². The van der Waals surface area contributed by atoms with E-state index < -0.39 is 0 Å². The van der Waals surface area contributed by atoms with Crippen LogP contribution in [0.15, 0.2) is 48.9 Å². The van der Waals surface area contributed by atoms with Crippen LogP contribution in [0.2, 0.25) is 0 Å². The summed E-state index contributed by atoms with van der Waals surface area (Å²) in [6, 6.07) is 10.7. The van der Waals surface area contributed by atoms with Crippen LogP contribution >= 0.6 is 0 Å². The van der Waals surface area contributed by atoms with Gasteiger partial charge in [0.2, 0.25) is 0 Å². The summed E-state index contributed by atoms with van der Waals surface area (Å²) in [6.45, 7) is 3.23. The quantitative estimate of drug-likeness (QED) is 0.744. The first-order chi connectivity index (χ1) is 11.3. The molecular formula is C19H22N4. The molecule has 0 bridgehead atoms. The van der Waals surface area contributed by atoms with Crippen molar-refractivity contribution in [3.05, 3.63) is 60.2 Å². The van der Waals surface area contributed by atoms with Gasteiger partial charge in [-0.2, -0.15) is 5.10 Å². The highest BCUT2D eigenvalue weighted by atomic mass is 15.2. The topological polar surface area (TPSA) is 34.0 Å². The van der Waals surface area contributed by atoms with Crippen molar-refractivity contribution < 1.29 is 0 Å². The van der Waals surface area contributed by atoms with Crippen molar-refractivity contribution in [3.8, 4) is 0 Å². The molecule has 0 N–H and O–H groups in total. The third kappa shape index (κ3) is 3.13. The predicted octanol–water partition coefficient (Wildman–Crippen LogP) is 3.35. The summed E-state index contributed by atoms with van der Waals surface area (Å²) in [6.07, 6.45) is 8.56. The van der Waals surface area contributed by atoms with Gasteiger partial charge in [-0.15, -0.1) is 0 Å². The molecule has 0 radical (unpaired) electrons. The van der Waals surface area contributed by atoms with Crippen LogP contribution in [-0.4, -0.2) is 32.8 Å². The average Bonchev–Trinajstić information content (AvgIpc) is 2.99. The fourth-order valence-corrected chi connectivity index (χ4v) is 3.58. The molecule has 0 aliphatic carbocycles. The summed E-state index contributed by atoms with van der Waals surface area (Å²) < 4.78 is 1.88. The number of hydrogen-bond acceptors (Lipinski definition) is 3. The zero-order valence-corrected chi connectivity index (χ0v) is 13.5. The molecule has 0 amide bonds. The lowest BCUT2D eigenvalue weighted by Gasteiger charge is -2.32.